The molecule has 3 aromatic rings. The van der Waals surface area contributed by atoms with Gasteiger partial charge in [0.05, 0.1) is 16.1 Å². The molecule has 0 fully saturated rings. The summed E-state index contributed by atoms with van der Waals surface area (Å²) in [5.74, 6) is -2.13. The van der Waals surface area contributed by atoms with Crippen LogP contribution in [0.4, 0.5) is 5.69 Å². The smallest absolute Gasteiger partial charge is 0.280 e. The Hall–Kier alpha value is -3.41. The van der Waals surface area contributed by atoms with E-state index in [1.165, 1.54) is 18.2 Å². The van der Waals surface area contributed by atoms with Crippen LogP contribution in [0.1, 0.15) is 32.3 Å². The molecule has 6 heteroatoms. The van der Waals surface area contributed by atoms with Gasteiger partial charge >= 0.3 is 0 Å². The highest BCUT2D eigenvalue weighted by Gasteiger charge is 2.44. The molecular formula is C18H10N2O4. The summed E-state index contributed by atoms with van der Waals surface area (Å²) in [6.45, 7) is 0. The molecule has 1 aromatic heterocycles. The highest BCUT2D eigenvalue weighted by molar-refractivity contribution is 6.31. The molecule has 0 saturated carbocycles. The molecule has 6 nitrogen and oxygen atoms in total. The number of hydrogen-bond donors (Lipinski definition) is 0. The van der Waals surface area contributed by atoms with E-state index in [0.717, 1.165) is 5.39 Å². The van der Waals surface area contributed by atoms with Crippen LogP contribution >= 0.6 is 0 Å². The molecule has 4 rings (SSSR count). The maximum absolute atomic E-state index is 12.7. The average Bonchev–Trinajstić information content (AvgIpc) is 2.85. The first-order valence-corrected chi connectivity index (χ1v) is 7.29. The van der Waals surface area contributed by atoms with E-state index >= 15 is 0 Å². The Morgan fingerprint density at radius 2 is 1.71 bits per heavy atom. The lowest BCUT2D eigenvalue weighted by atomic mass is 9.98. The van der Waals surface area contributed by atoms with E-state index in [1.54, 1.807) is 18.2 Å². The minimum atomic E-state index is -1.12. The number of nitro benzene ring substituents is 1. The molecule has 1 heterocycles. The summed E-state index contributed by atoms with van der Waals surface area (Å²) in [7, 11) is 0. The maximum Gasteiger partial charge on any atom is 0.280 e. The fourth-order valence-corrected chi connectivity index (χ4v) is 3.09. The van der Waals surface area contributed by atoms with Gasteiger partial charge < -0.3 is 0 Å². The molecule has 116 valence electrons. The number of nitro groups is 1. The third kappa shape index (κ3) is 1.93. The van der Waals surface area contributed by atoms with Crippen molar-refractivity contribution in [2.24, 2.45) is 0 Å². The van der Waals surface area contributed by atoms with Gasteiger partial charge in [-0.2, -0.15) is 0 Å². The number of carbonyl (C=O) groups excluding carboxylic acids is 2. The Bertz CT molecular complexity index is 1040. The molecule has 0 N–H and O–H groups in total. The van der Waals surface area contributed by atoms with E-state index in [4.69, 9.17) is 0 Å². The Morgan fingerprint density at radius 3 is 2.50 bits per heavy atom. The van der Waals surface area contributed by atoms with E-state index in [0.29, 0.717) is 11.2 Å². The van der Waals surface area contributed by atoms with Crippen LogP contribution in [0.15, 0.2) is 54.6 Å². The number of fused-ring (bicyclic) bond motifs is 2. The molecule has 0 spiro atoms. The van der Waals surface area contributed by atoms with Gasteiger partial charge in [-0.3, -0.25) is 24.7 Å². The molecule has 24 heavy (non-hydrogen) atoms. The number of hydrogen-bond acceptors (Lipinski definition) is 5. The average molecular weight is 318 g/mol. The molecule has 0 aliphatic heterocycles. The number of pyridine rings is 1. The summed E-state index contributed by atoms with van der Waals surface area (Å²) in [5, 5.41) is 12.0. The number of Topliss-reactive ketones (excluding diaryl/α,β-unsaturated/α-hetero) is 2. The van der Waals surface area contributed by atoms with Crippen LogP contribution in [-0.4, -0.2) is 21.5 Å². The van der Waals surface area contributed by atoms with Crippen LogP contribution in [-0.2, 0) is 0 Å². The van der Waals surface area contributed by atoms with E-state index in [-0.39, 0.29) is 16.8 Å². The predicted molar refractivity (Wildman–Crippen MR) is 86.2 cm³/mol. The summed E-state index contributed by atoms with van der Waals surface area (Å²) < 4.78 is 0. The summed E-state index contributed by atoms with van der Waals surface area (Å²) in [4.78, 5) is 40.3. The van der Waals surface area contributed by atoms with Gasteiger partial charge in [-0.15, -0.1) is 0 Å². The van der Waals surface area contributed by atoms with Crippen LogP contribution in [0.25, 0.3) is 10.9 Å². The largest absolute Gasteiger partial charge is 0.293 e. The predicted octanol–water partition coefficient (Wildman–Crippen LogP) is 3.31. The zero-order chi connectivity index (χ0) is 16.8. The van der Waals surface area contributed by atoms with Crippen molar-refractivity contribution in [3.05, 3.63) is 81.5 Å². The molecule has 1 atom stereocenters. The highest BCUT2D eigenvalue weighted by atomic mass is 16.6. The number of ketones is 2. The van der Waals surface area contributed by atoms with E-state index in [1.807, 2.05) is 18.2 Å². The monoisotopic (exact) mass is 318 g/mol. The maximum atomic E-state index is 12.7. The topological polar surface area (TPSA) is 90.2 Å². The third-order valence-corrected chi connectivity index (χ3v) is 4.19. The van der Waals surface area contributed by atoms with E-state index < -0.39 is 22.4 Å². The first-order chi connectivity index (χ1) is 11.6. The highest BCUT2D eigenvalue weighted by Crippen LogP contribution is 2.38. The van der Waals surface area contributed by atoms with Gasteiger partial charge in [-0.25, -0.2) is 0 Å². The summed E-state index contributed by atoms with van der Waals surface area (Å²) in [6.07, 6.45) is 0. The van der Waals surface area contributed by atoms with E-state index in [9.17, 15) is 19.7 Å². The normalized spacial score (nSPS) is 16.4. The van der Waals surface area contributed by atoms with Crippen LogP contribution in [0.3, 0.4) is 0 Å². The van der Waals surface area contributed by atoms with Crippen LogP contribution in [0, 0.1) is 10.1 Å². The minimum absolute atomic E-state index is 0.0918. The number of rotatable bonds is 2. The zero-order valence-electron chi connectivity index (χ0n) is 12.3. The first-order valence-electron chi connectivity index (χ1n) is 7.29. The third-order valence-electron chi connectivity index (χ3n) is 4.19. The van der Waals surface area contributed by atoms with Crippen molar-refractivity contribution in [3.63, 3.8) is 0 Å². The number of nitrogens with zero attached hydrogens (tertiary/aromatic N) is 2. The SMILES string of the molecule is O=C1c2cccc([N+](=O)[O-])c2C(=O)[C@@H]1c1ccc2ccccc2n1. The summed E-state index contributed by atoms with van der Waals surface area (Å²) >= 11 is 0. The van der Waals surface area contributed by atoms with Crippen molar-refractivity contribution in [2.45, 2.75) is 5.92 Å². The van der Waals surface area contributed by atoms with Crippen molar-refractivity contribution in [1.82, 2.24) is 4.98 Å². The fourth-order valence-electron chi connectivity index (χ4n) is 3.09. The second-order valence-electron chi connectivity index (χ2n) is 5.55. The molecular weight excluding hydrogens is 308 g/mol. The van der Waals surface area contributed by atoms with Crippen molar-refractivity contribution in [3.8, 4) is 0 Å². The standard InChI is InChI=1S/C18H10N2O4/c21-17-11-5-3-7-14(20(23)24)15(11)18(22)16(17)13-9-8-10-4-1-2-6-12(10)19-13/h1-9,16H/t16-/m1/s1. The van der Waals surface area contributed by atoms with Crippen molar-refractivity contribution < 1.29 is 14.5 Å². The molecule has 0 saturated heterocycles. The van der Waals surface area contributed by atoms with Gasteiger partial charge in [0.2, 0.25) is 0 Å². The molecule has 1 aliphatic rings. The quantitative estimate of drug-likeness (QED) is 0.411. The second kappa shape index (κ2) is 5.06. The zero-order valence-corrected chi connectivity index (χ0v) is 12.3. The summed E-state index contributed by atoms with van der Waals surface area (Å²) in [6, 6.07) is 14.9. The lowest BCUT2D eigenvalue weighted by Crippen LogP contribution is -2.14. The molecule has 0 bridgehead atoms. The first kappa shape index (κ1) is 14.2. The van der Waals surface area contributed by atoms with Gasteiger partial charge in [-0.1, -0.05) is 36.4 Å². The van der Waals surface area contributed by atoms with Crippen LogP contribution < -0.4 is 0 Å². The number of para-hydroxylation sites is 1. The van der Waals surface area contributed by atoms with Crippen molar-refractivity contribution in [2.75, 3.05) is 0 Å². The molecule has 2 aromatic carbocycles. The Kier molecular flexibility index (Phi) is 2.99. The van der Waals surface area contributed by atoms with Crippen molar-refractivity contribution >= 4 is 28.2 Å². The number of carbonyl (C=O) groups is 2. The van der Waals surface area contributed by atoms with Crippen molar-refractivity contribution in [1.29, 1.82) is 0 Å². The van der Waals surface area contributed by atoms with Crippen LogP contribution in [0.5, 0.6) is 0 Å². The second-order valence-corrected chi connectivity index (χ2v) is 5.55. The van der Waals surface area contributed by atoms with Gasteiger partial charge in [0.1, 0.15) is 11.5 Å². The fraction of sp³-hybridized carbons (Fsp3) is 0.0556. The van der Waals surface area contributed by atoms with E-state index in [2.05, 4.69) is 4.98 Å². The van der Waals surface area contributed by atoms with Gasteiger partial charge in [0, 0.05) is 17.0 Å². The molecule has 0 unspecified atom stereocenters. The molecule has 1 aliphatic carbocycles. The lowest BCUT2D eigenvalue weighted by Gasteiger charge is -2.07. The molecule has 0 amide bonds. The van der Waals surface area contributed by atoms with Gasteiger partial charge in [0.25, 0.3) is 5.69 Å². The Labute approximate surface area is 135 Å². The van der Waals surface area contributed by atoms with Gasteiger partial charge in [-0.05, 0) is 12.1 Å². The Balaban J connectivity index is 1.88. The summed E-state index contributed by atoms with van der Waals surface area (Å²) in [5.41, 5.74) is 0.617. The van der Waals surface area contributed by atoms with Crippen LogP contribution in [0.2, 0.25) is 0 Å². The Morgan fingerprint density at radius 1 is 0.917 bits per heavy atom. The molecule has 0 radical (unpaired) electrons. The lowest BCUT2D eigenvalue weighted by molar-refractivity contribution is -0.385. The minimum Gasteiger partial charge on any atom is -0.293 e. The number of aromatic nitrogens is 1. The number of benzene rings is 2. The van der Waals surface area contributed by atoms with Gasteiger partial charge in [0.15, 0.2) is 11.6 Å².